The van der Waals surface area contributed by atoms with E-state index in [0.29, 0.717) is 5.82 Å². The highest BCUT2D eigenvalue weighted by Crippen LogP contribution is 2.42. The van der Waals surface area contributed by atoms with Crippen molar-refractivity contribution in [1.29, 1.82) is 0 Å². The van der Waals surface area contributed by atoms with Crippen LogP contribution in [0, 0.1) is 0 Å². The normalized spacial score (nSPS) is 11.4. The summed E-state index contributed by atoms with van der Waals surface area (Å²) >= 11 is 0. The Morgan fingerprint density at radius 2 is 0.792 bits per heavy atom. The van der Waals surface area contributed by atoms with E-state index in [-0.39, 0.29) is 0 Å². The van der Waals surface area contributed by atoms with Crippen molar-refractivity contribution in [3.8, 4) is 67.3 Å². The molecule has 0 saturated heterocycles. The van der Waals surface area contributed by atoms with Gasteiger partial charge in [-0.2, -0.15) is 0 Å². The van der Waals surface area contributed by atoms with E-state index in [9.17, 15) is 0 Å². The second kappa shape index (κ2) is 12.9. The molecular formula is C50H32N2O. The predicted molar refractivity (Wildman–Crippen MR) is 219 cm³/mol. The number of furan rings is 1. The largest absolute Gasteiger partial charge is 0.455 e. The highest BCUT2D eigenvalue weighted by Gasteiger charge is 2.17. The third-order valence-corrected chi connectivity index (χ3v) is 10.1. The summed E-state index contributed by atoms with van der Waals surface area (Å²) in [6.07, 6.45) is 0. The van der Waals surface area contributed by atoms with Gasteiger partial charge in [0.2, 0.25) is 0 Å². The molecule has 0 fully saturated rings. The Balaban J connectivity index is 1.08. The molecule has 10 rings (SSSR count). The van der Waals surface area contributed by atoms with Crippen LogP contribution >= 0.6 is 0 Å². The lowest BCUT2D eigenvalue weighted by molar-refractivity contribution is 0.673. The standard InChI is InChI=1S/C50H32N2O/c1-4-14-33(15-5-1)39-20-10-11-21-40(39)38-28-29-42-45-31-44(41-22-12-13-23-43(41)49(45)53-48(42)30-38)34-24-26-36(27-25-34)47-32-46(35-16-6-2-7-17-35)51-50(52-47)37-18-8-3-9-19-37/h1-32H. The predicted octanol–water partition coefficient (Wildman–Crippen LogP) is 13.5. The molecule has 2 aromatic heterocycles. The molecule has 8 aromatic carbocycles. The summed E-state index contributed by atoms with van der Waals surface area (Å²) in [6, 6.07) is 67.9. The topological polar surface area (TPSA) is 38.9 Å². The molecule has 0 saturated carbocycles. The van der Waals surface area contributed by atoms with E-state index in [1.54, 1.807) is 0 Å². The molecule has 0 aliphatic rings. The van der Waals surface area contributed by atoms with Crippen LogP contribution in [0.15, 0.2) is 199 Å². The van der Waals surface area contributed by atoms with Crippen molar-refractivity contribution >= 4 is 32.7 Å². The summed E-state index contributed by atoms with van der Waals surface area (Å²) in [5.74, 6) is 0.709. The molecule has 10 aromatic rings. The second-order valence-electron chi connectivity index (χ2n) is 13.3. The lowest BCUT2D eigenvalue weighted by Crippen LogP contribution is -1.95. The Bertz CT molecular complexity index is 2860. The van der Waals surface area contributed by atoms with Crippen LogP contribution in [0.4, 0.5) is 0 Å². The van der Waals surface area contributed by atoms with Gasteiger partial charge in [-0.05, 0) is 63.0 Å². The fourth-order valence-corrected chi connectivity index (χ4v) is 7.50. The maximum absolute atomic E-state index is 6.72. The van der Waals surface area contributed by atoms with Gasteiger partial charge in [-0.15, -0.1) is 0 Å². The van der Waals surface area contributed by atoms with Gasteiger partial charge in [-0.1, -0.05) is 170 Å². The minimum absolute atomic E-state index is 0.709. The Hall–Kier alpha value is -7.10. The van der Waals surface area contributed by atoms with Gasteiger partial charge in [0.1, 0.15) is 11.2 Å². The minimum atomic E-state index is 0.709. The van der Waals surface area contributed by atoms with Crippen molar-refractivity contribution < 1.29 is 4.42 Å². The number of aromatic nitrogens is 2. The van der Waals surface area contributed by atoms with Crippen LogP contribution < -0.4 is 0 Å². The van der Waals surface area contributed by atoms with Crippen LogP contribution in [-0.2, 0) is 0 Å². The molecular weight excluding hydrogens is 645 g/mol. The van der Waals surface area contributed by atoms with E-state index in [1.807, 2.05) is 36.4 Å². The molecule has 248 valence electrons. The number of hydrogen-bond acceptors (Lipinski definition) is 3. The third kappa shape index (κ3) is 5.56. The van der Waals surface area contributed by atoms with Crippen LogP contribution in [0.3, 0.4) is 0 Å². The first kappa shape index (κ1) is 30.7. The average Bonchev–Trinajstić information content (AvgIpc) is 3.62. The number of hydrogen-bond donors (Lipinski definition) is 0. The summed E-state index contributed by atoms with van der Waals surface area (Å²) in [6.45, 7) is 0. The van der Waals surface area contributed by atoms with Gasteiger partial charge in [0.05, 0.1) is 11.4 Å². The van der Waals surface area contributed by atoms with Crippen LogP contribution in [0.5, 0.6) is 0 Å². The first-order valence-electron chi connectivity index (χ1n) is 17.9. The smallest absolute Gasteiger partial charge is 0.160 e. The van der Waals surface area contributed by atoms with E-state index in [0.717, 1.165) is 71.9 Å². The van der Waals surface area contributed by atoms with E-state index in [1.165, 1.54) is 22.3 Å². The second-order valence-corrected chi connectivity index (χ2v) is 13.3. The summed E-state index contributed by atoms with van der Waals surface area (Å²) in [5, 5.41) is 4.47. The molecule has 0 atom stereocenters. The lowest BCUT2D eigenvalue weighted by Gasteiger charge is -2.11. The van der Waals surface area contributed by atoms with Crippen molar-refractivity contribution in [2.24, 2.45) is 0 Å². The number of nitrogens with zero attached hydrogens (tertiary/aromatic N) is 2. The first-order chi connectivity index (χ1) is 26.3. The zero-order chi connectivity index (χ0) is 35.1. The fraction of sp³-hybridized carbons (Fsp3) is 0. The Labute approximate surface area is 307 Å². The summed E-state index contributed by atoms with van der Waals surface area (Å²) in [7, 11) is 0. The molecule has 53 heavy (non-hydrogen) atoms. The first-order valence-corrected chi connectivity index (χ1v) is 17.9. The molecule has 0 bridgehead atoms. The Morgan fingerprint density at radius 1 is 0.302 bits per heavy atom. The fourth-order valence-electron chi connectivity index (χ4n) is 7.50. The molecule has 0 N–H and O–H groups in total. The van der Waals surface area contributed by atoms with Gasteiger partial charge in [-0.3, -0.25) is 0 Å². The van der Waals surface area contributed by atoms with Gasteiger partial charge >= 0.3 is 0 Å². The van der Waals surface area contributed by atoms with E-state index >= 15 is 0 Å². The van der Waals surface area contributed by atoms with Gasteiger partial charge in [0, 0.05) is 32.8 Å². The molecule has 0 radical (unpaired) electrons. The third-order valence-electron chi connectivity index (χ3n) is 10.1. The quantitative estimate of drug-likeness (QED) is 0.176. The Kier molecular flexibility index (Phi) is 7.47. The maximum atomic E-state index is 6.72. The molecule has 3 heteroatoms. The molecule has 0 spiro atoms. The minimum Gasteiger partial charge on any atom is -0.455 e. The zero-order valence-electron chi connectivity index (χ0n) is 28.8. The van der Waals surface area contributed by atoms with E-state index < -0.39 is 0 Å². The van der Waals surface area contributed by atoms with Gasteiger partial charge in [-0.25, -0.2) is 9.97 Å². The maximum Gasteiger partial charge on any atom is 0.160 e. The summed E-state index contributed by atoms with van der Waals surface area (Å²) < 4.78 is 6.72. The monoisotopic (exact) mass is 676 g/mol. The van der Waals surface area contributed by atoms with Crippen molar-refractivity contribution in [2.45, 2.75) is 0 Å². The van der Waals surface area contributed by atoms with Crippen molar-refractivity contribution in [3.63, 3.8) is 0 Å². The average molecular weight is 677 g/mol. The molecule has 0 amide bonds. The van der Waals surface area contributed by atoms with Gasteiger partial charge < -0.3 is 4.42 Å². The van der Waals surface area contributed by atoms with Gasteiger partial charge in [0.25, 0.3) is 0 Å². The number of benzene rings is 8. The van der Waals surface area contributed by atoms with Crippen LogP contribution in [-0.4, -0.2) is 9.97 Å². The molecule has 0 aliphatic carbocycles. The molecule has 0 aliphatic heterocycles. The number of fused-ring (bicyclic) bond motifs is 5. The zero-order valence-corrected chi connectivity index (χ0v) is 28.8. The molecule has 0 unspecified atom stereocenters. The summed E-state index contributed by atoms with van der Waals surface area (Å²) in [4.78, 5) is 10.0. The van der Waals surface area contributed by atoms with Crippen molar-refractivity contribution in [3.05, 3.63) is 194 Å². The van der Waals surface area contributed by atoms with Crippen molar-refractivity contribution in [2.75, 3.05) is 0 Å². The highest BCUT2D eigenvalue weighted by molar-refractivity contribution is 6.19. The number of rotatable bonds is 6. The van der Waals surface area contributed by atoms with Crippen LogP contribution in [0.2, 0.25) is 0 Å². The van der Waals surface area contributed by atoms with Crippen LogP contribution in [0.1, 0.15) is 0 Å². The van der Waals surface area contributed by atoms with E-state index in [2.05, 4.69) is 158 Å². The van der Waals surface area contributed by atoms with Gasteiger partial charge in [0.15, 0.2) is 5.82 Å². The molecule has 3 nitrogen and oxygen atoms in total. The highest BCUT2D eigenvalue weighted by atomic mass is 16.3. The van der Waals surface area contributed by atoms with E-state index in [4.69, 9.17) is 14.4 Å². The summed E-state index contributed by atoms with van der Waals surface area (Å²) in [5.41, 5.74) is 13.7. The van der Waals surface area contributed by atoms with Crippen LogP contribution in [0.25, 0.3) is 100.0 Å². The lowest BCUT2D eigenvalue weighted by atomic mass is 9.93. The van der Waals surface area contributed by atoms with Crippen molar-refractivity contribution in [1.82, 2.24) is 9.97 Å². The SMILES string of the molecule is c1ccc(-c2cc(-c3ccc(-c4cc5c6ccc(-c7ccccc7-c7ccccc7)cc6oc5c5ccccc45)cc3)nc(-c3ccccc3)n2)cc1. The Morgan fingerprint density at radius 3 is 1.47 bits per heavy atom. The molecule has 2 heterocycles.